The zero-order valence-electron chi connectivity index (χ0n) is 10.7. The molecule has 1 aliphatic rings. The Hall–Kier alpha value is -0.680. The molecule has 17 heavy (non-hydrogen) atoms. The van der Waals surface area contributed by atoms with E-state index in [0.29, 0.717) is 12.6 Å². The van der Waals surface area contributed by atoms with Crippen LogP contribution in [0.15, 0.2) is 0 Å². The van der Waals surface area contributed by atoms with Crippen molar-refractivity contribution in [3.8, 4) is 0 Å². The molecule has 0 aromatic carbocycles. The third kappa shape index (κ3) is 2.96. The van der Waals surface area contributed by atoms with Crippen LogP contribution in [0.4, 0.5) is 5.13 Å². The highest BCUT2D eigenvalue weighted by Gasteiger charge is 2.26. The van der Waals surface area contributed by atoms with Gasteiger partial charge in [0.05, 0.1) is 6.61 Å². The van der Waals surface area contributed by atoms with Gasteiger partial charge >= 0.3 is 0 Å². The van der Waals surface area contributed by atoms with Gasteiger partial charge in [-0.3, -0.25) is 0 Å². The van der Waals surface area contributed by atoms with Crippen LogP contribution in [0.2, 0.25) is 0 Å². The van der Waals surface area contributed by atoms with Gasteiger partial charge < -0.3 is 10.0 Å². The predicted molar refractivity (Wildman–Crippen MR) is 69.3 cm³/mol. The molecule has 0 atom stereocenters. The SMILES string of the molecule is Cc1sc(N(CCO)C2CCCCC2)n[n+]1C. The van der Waals surface area contributed by atoms with Gasteiger partial charge in [0.15, 0.2) is 7.05 Å². The number of aliphatic hydroxyl groups is 1. The summed E-state index contributed by atoms with van der Waals surface area (Å²) < 4.78 is 1.92. The van der Waals surface area contributed by atoms with Gasteiger partial charge in [0.1, 0.15) is 0 Å². The molecular weight excluding hydrogens is 234 g/mol. The molecule has 0 aliphatic heterocycles. The highest BCUT2D eigenvalue weighted by molar-refractivity contribution is 7.14. The minimum Gasteiger partial charge on any atom is -0.395 e. The summed E-state index contributed by atoms with van der Waals surface area (Å²) >= 11 is 1.72. The minimum atomic E-state index is 0.207. The number of anilines is 1. The van der Waals surface area contributed by atoms with Crippen molar-refractivity contribution in [2.45, 2.75) is 45.1 Å². The molecule has 0 unspecified atom stereocenters. The standard InChI is InChI=1S/C12H22N3OS/c1-10-14(2)13-12(17-10)15(8-9-16)11-6-4-3-5-7-11/h11,16H,3-9H2,1-2H3/q+1. The van der Waals surface area contributed by atoms with Crippen LogP contribution in [0.3, 0.4) is 0 Å². The van der Waals surface area contributed by atoms with Gasteiger partial charge in [-0.15, -0.1) is 0 Å². The Morgan fingerprint density at radius 3 is 2.65 bits per heavy atom. The van der Waals surface area contributed by atoms with Gasteiger partial charge in [-0.1, -0.05) is 23.9 Å². The average molecular weight is 256 g/mol. The molecule has 5 heteroatoms. The Balaban J connectivity index is 2.15. The summed E-state index contributed by atoms with van der Waals surface area (Å²) in [5.74, 6) is 0. The van der Waals surface area contributed by atoms with Crippen molar-refractivity contribution in [1.82, 2.24) is 5.10 Å². The number of hydrogen-bond donors (Lipinski definition) is 1. The third-order valence-corrected chi connectivity index (χ3v) is 4.59. The Morgan fingerprint density at radius 2 is 2.12 bits per heavy atom. The van der Waals surface area contributed by atoms with Crippen LogP contribution in [0.25, 0.3) is 0 Å². The molecule has 1 saturated carbocycles. The molecule has 0 bridgehead atoms. The van der Waals surface area contributed by atoms with E-state index in [1.807, 2.05) is 11.7 Å². The first-order valence-corrected chi connectivity index (χ1v) is 7.25. The van der Waals surface area contributed by atoms with Gasteiger partial charge in [-0.2, -0.15) is 0 Å². The van der Waals surface area contributed by atoms with Crippen LogP contribution in [0.1, 0.15) is 37.1 Å². The summed E-state index contributed by atoms with van der Waals surface area (Å²) in [6.45, 7) is 3.00. The first-order valence-electron chi connectivity index (χ1n) is 6.43. The number of hydrogen-bond acceptors (Lipinski definition) is 4. The van der Waals surface area contributed by atoms with Crippen LogP contribution < -0.4 is 9.58 Å². The van der Waals surface area contributed by atoms with E-state index in [9.17, 15) is 5.11 Å². The largest absolute Gasteiger partial charge is 0.395 e. The Kier molecular flexibility index (Phi) is 4.34. The molecule has 96 valence electrons. The van der Waals surface area contributed by atoms with E-state index >= 15 is 0 Å². The fourth-order valence-corrected chi connectivity index (χ4v) is 3.43. The summed E-state index contributed by atoms with van der Waals surface area (Å²) in [7, 11) is 1.98. The van der Waals surface area contributed by atoms with Gasteiger partial charge in [0.2, 0.25) is 0 Å². The number of nitrogens with zero attached hydrogens (tertiary/aromatic N) is 3. The summed E-state index contributed by atoms with van der Waals surface area (Å²) in [5, 5.41) is 16.1. The van der Waals surface area contributed by atoms with Gasteiger partial charge in [0, 0.05) is 24.6 Å². The number of aryl methyl sites for hydroxylation is 2. The maximum Gasteiger partial charge on any atom is 0.263 e. The van der Waals surface area contributed by atoms with E-state index in [0.717, 1.165) is 5.13 Å². The molecular formula is C12H22N3OS+. The smallest absolute Gasteiger partial charge is 0.263 e. The summed E-state index contributed by atoms with van der Waals surface area (Å²) in [5.41, 5.74) is 0. The first-order chi connectivity index (χ1) is 8.22. The van der Waals surface area contributed by atoms with E-state index in [1.165, 1.54) is 37.1 Å². The van der Waals surface area contributed by atoms with E-state index < -0.39 is 0 Å². The Labute approximate surface area is 107 Å². The molecule has 1 heterocycles. The molecule has 1 aromatic heterocycles. The molecule has 0 spiro atoms. The van der Waals surface area contributed by atoms with Crippen LogP contribution >= 0.6 is 11.3 Å². The molecule has 2 rings (SSSR count). The lowest BCUT2D eigenvalue weighted by molar-refractivity contribution is -0.729. The minimum absolute atomic E-state index is 0.207. The highest BCUT2D eigenvalue weighted by Crippen LogP contribution is 2.28. The second kappa shape index (κ2) is 5.78. The number of rotatable bonds is 4. The van der Waals surface area contributed by atoms with Crippen molar-refractivity contribution in [3.63, 3.8) is 0 Å². The van der Waals surface area contributed by atoms with Gasteiger partial charge in [-0.25, -0.2) is 0 Å². The van der Waals surface area contributed by atoms with Gasteiger partial charge in [0.25, 0.3) is 10.1 Å². The lowest BCUT2D eigenvalue weighted by atomic mass is 9.94. The quantitative estimate of drug-likeness (QED) is 0.828. The van der Waals surface area contributed by atoms with Crippen molar-refractivity contribution in [3.05, 3.63) is 5.01 Å². The molecule has 1 N–H and O–H groups in total. The van der Waals surface area contributed by atoms with Gasteiger partial charge in [-0.05, 0) is 24.2 Å². The lowest BCUT2D eigenvalue weighted by Crippen LogP contribution is -2.40. The molecule has 4 nitrogen and oxygen atoms in total. The van der Waals surface area contributed by atoms with E-state index in [-0.39, 0.29) is 6.61 Å². The monoisotopic (exact) mass is 256 g/mol. The summed E-state index contributed by atoms with van der Waals surface area (Å²) in [4.78, 5) is 2.30. The molecule has 0 amide bonds. The predicted octanol–water partition coefficient (Wildman–Crippen LogP) is 1.41. The Bertz CT molecular complexity index is 341. The van der Waals surface area contributed by atoms with Crippen LogP contribution in [-0.2, 0) is 7.05 Å². The van der Waals surface area contributed by atoms with Crippen LogP contribution in [0, 0.1) is 6.92 Å². The van der Waals surface area contributed by atoms with Crippen molar-refractivity contribution in [2.75, 3.05) is 18.1 Å². The summed E-state index contributed by atoms with van der Waals surface area (Å²) in [6.07, 6.45) is 6.45. The van der Waals surface area contributed by atoms with Crippen molar-refractivity contribution < 1.29 is 9.79 Å². The molecule has 1 fully saturated rings. The average Bonchev–Trinajstić information content (AvgIpc) is 2.67. The second-order valence-corrected chi connectivity index (χ2v) is 5.90. The Morgan fingerprint density at radius 1 is 1.41 bits per heavy atom. The van der Waals surface area contributed by atoms with Crippen LogP contribution in [0.5, 0.6) is 0 Å². The first kappa shape index (κ1) is 12.8. The number of aliphatic hydroxyl groups excluding tert-OH is 1. The maximum absolute atomic E-state index is 9.23. The van der Waals surface area contributed by atoms with Crippen LogP contribution in [-0.4, -0.2) is 29.4 Å². The second-order valence-electron chi connectivity index (χ2n) is 4.74. The fourth-order valence-electron chi connectivity index (χ4n) is 2.47. The van der Waals surface area contributed by atoms with Crippen molar-refractivity contribution in [2.24, 2.45) is 7.05 Å². The lowest BCUT2D eigenvalue weighted by Gasteiger charge is -2.32. The van der Waals surface area contributed by atoms with E-state index in [2.05, 4.69) is 16.9 Å². The van der Waals surface area contributed by atoms with E-state index in [4.69, 9.17) is 0 Å². The molecule has 0 saturated heterocycles. The fraction of sp³-hybridized carbons (Fsp3) is 0.833. The molecule has 1 aromatic rings. The number of aromatic nitrogens is 2. The van der Waals surface area contributed by atoms with Crippen molar-refractivity contribution >= 4 is 16.5 Å². The topological polar surface area (TPSA) is 40.2 Å². The zero-order valence-corrected chi connectivity index (χ0v) is 11.5. The molecule has 1 aliphatic carbocycles. The van der Waals surface area contributed by atoms with E-state index in [1.54, 1.807) is 11.3 Å². The molecule has 0 radical (unpaired) electrons. The maximum atomic E-state index is 9.23. The van der Waals surface area contributed by atoms with Crippen molar-refractivity contribution in [1.29, 1.82) is 0 Å². The zero-order chi connectivity index (χ0) is 12.3. The normalized spacial score (nSPS) is 17.4. The third-order valence-electron chi connectivity index (χ3n) is 3.53. The summed E-state index contributed by atoms with van der Waals surface area (Å²) in [6, 6.07) is 0.571. The highest BCUT2D eigenvalue weighted by atomic mass is 32.1.